The van der Waals surface area contributed by atoms with Gasteiger partial charge in [-0.2, -0.15) is 0 Å². The second-order valence-electron chi connectivity index (χ2n) is 4.79. The quantitative estimate of drug-likeness (QED) is 0.413. The Hall–Kier alpha value is -2.29. The van der Waals surface area contributed by atoms with E-state index in [0.29, 0.717) is 27.4 Å². The minimum Gasteiger partial charge on any atom is -0.438 e. The van der Waals surface area contributed by atoms with Crippen LogP contribution in [-0.2, 0) is 0 Å². The fourth-order valence-corrected chi connectivity index (χ4v) is 2.30. The third kappa shape index (κ3) is 4.13. The fraction of sp³-hybridized carbons (Fsp3) is 0. The molecule has 2 nitrogen and oxygen atoms in total. The van der Waals surface area contributed by atoms with E-state index in [1.165, 1.54) is 0 Å². The van der Waals surface area contributed by atoms with Crippen LogP contribution >= 0.6 is 23.2 Å². The van der Waals surface area contributed by atoms with Crippen LogP contribution in [0.25, 0.3) is 0 Å². The van der Waals surface area contributed by atoms with Crippen molar-refractivity contribution in [2.24, 2.45) is 4.99 Å². The molecule has 0 aliphatic carbocycles. The van der Waals surface area contributed by atoms with E-state index in [-0.39, 0.29) is 0 Å². The first-order valence-corrected chi connectivity index (χ1v) is 7.80. The number of para-hydroxylation sites is 1. The van der Waals surface area contributed by atoms with Gasteiger partial charge in [-0.05, 0) is 48.5 Å². The summed E-state index contributed by atoms with van der Waals surface area (Å²) >= 11 is 12.1. The summed E-state index contributed by atoms with van der Waals surface area (Å²) in [6, 6.07) is 24.2. The predicted octanol–water partition coefficient (Wildman–Crippen LogP) is 6.15. The number of halogens is 2. The highest BCUT2D eigenvalue weighted by Crippen LogP contribution is 2.26. The highest BCUT2D eigenvalue weighted by molar-refractivity contribution is 6.33. The molecule has 0 amide bonds. The van der Waals surface area contributed by atoms with Crippen LogP contribution < -0.4 is 4.74 Å². The SMILES string of the molecule is Clc1ccc(OC(=Nc2ccccc2Cl)c2ccccc2)cc1. The van der Waals surface area contributed by atoms with Gasteiger partial charge in [-0.3, -0.25) is 0 Å². The average Bonchev–Trinajstić information content (AvgIpc) is 2.59. The van der Waals surface area contributed by atoms with Crippen LogP contribution in [0.3, 0.4) is 0 Å². The van der Waals surface area contributed by atoms with Crippen molar-refractivity contribution >= 4 is 34.8 Å². The summed E-state index contributed by atoms with van der Waals surface area (Å²) in [5.74, 6) is 1.13. The minimum atomic E-state index is 0.473. The summed E-state index contributed by atoms with van der Waals surface area (Å²) < 4.78 is 5.95. The lowest BCUT2D eigenvalue weighted by Gasteiger charge is -2.10. The van der Waals surface area contributed by atoms with E-state index in [2.05, 4.69) is 4.99 Å². The molecule has 0 unspecified atom stereocenters. The first-order chi connectivity index (χ1) is 11.2. The second-order valence-corrected chi connectivity index (χ2v) is 5.63. The maximum atomic E-state index is 6.20. The Bertz CT molecular complexity index is 814. The summed E-state index contributed by atoms with van der Waals surface area (Å²) in [6.45, 7) is 0. The summed E-state index contributed by atoms with van der Waals surface area (Å²) in [7, 11) is 0. The topological polar surface area (TPSA) is 21.6 Å². The normalized spacial score (nSPS) is 11.3. The van der Waals surface area contributed by atoms with Crippen molar-refractivity contribution in [2.45, 2.75) is 0 Å². The lowest BCUT2D eigenvalue weighted by atomic mass is 10.2. The molecule has 0 aromatic heterocycles. The highest BCUT2D eigenvalue weighted by Gasteiger charge is 2.08. The number of rotatable bonds is 3. The molecule has 114 valence electrons. The van der Waals surface area contributed by atoms with E-state index in [0.717, 1.165) is 5.56 Å². The molecular formula is C19H13Cl2NO. The Morgan fingerprint density at radius 2 is 1.39 bits per heavy atom. The standard InChI is InChI=1S/C19H13Cl2NO/c20-15-10-12-16(13-11-15)23-19(14-6-2-1-3-7-14)22-18-9-5-4-8-17(18)21/h1-13H. The molecule has 0 spiro atoms. The lowest BCUT2D eigenvalue weighted by molar-refractivity contribution is 0.553. The zero-order valence-electron chi connectivity index (χ0n) is 12.1. The number of aliphatic imine (C=N–C) groups is 1. The Morgan fingerprint density at radius 3 is 2.09 bits per heavy atom. The van der Waals surface area contributed by atoms with E-state index < -0.39 is 0 Å². The van der Waals surface area contributed by atoms with Crippen molar-refractivity contribution in [3.05, 3.63) is 94.5 Å². The molecule has 0 bridgehead atoms. The Kier molecular flexibility index (Phi) is 4.96. The van der Waals surface area contributed by atoms with Crippen molar-refractivity contribution < 1.29 is 4.74 Å². The number of nitrogens with zero attached hydrogens (tertiary/aromatic N) is 1. The van der Waals surface area contributed by atoms with Crippen LogP contribution in [-0.4, -0.2) is 5.90 Å². The van der Waals surface area contributed by atoms with Crippen LogP contribution in [0.5, 0.6) is 5.75 Å². The van der Waals surface area contributed by atoms with Gasteiger partial charge in [0.25, 0.3) is 0 Å². The zero-order valence-corrected chi connectivity index (χ0v) is 13.6. The van der Waals surface area contributed by atoms with Gasteiger partial charge in [0.2, 0.25) is 5.90 Å². The minimum absolute atomic E-state index is 0.473. The van der Waals surface area contributed by atoms with Gasteiger partial charge in [-0.1, -0.05) is 53.5 Å². The molecule has 0 saturated heterocycles. The molecule has 0 heterocycles. The number of ether oxygens (including phenoxy) is 1. The summed E-state index contributed by atoms with van der Waals surface area (Å²) in [6.07, 6.45) is 0. The van der Waals surface area contributed by atoms with Gasteiger partial charge in [0.15, 0.2) is 0 Å². The maximum Gasteiger partial charge on any atom is 0.227 e. The predicted molar refractivity (Wildman–Crippen MR) is 96.2 cm³/mol. The Balaban J connectivity index is 2.00. The molecule has 0 aliphatic rings. The number of hydrogen-bond donors (Lipinski definition) is 0. The van der Waals surface area contributed by atoms with Crippen molar-refractivity contribution in [1.82, 2.24) is 0 Å². The molecule has 0 atom stereocenters. The monoisotopic (exact) mass is 341 g/mol. The average molecular weight is 342 g/mol. The van der Waals surface area contributed by atoms with Gasteiger partial charge in [0.05, 0.1) is 10.7 Å². The van der Waals surface area contributed by atoms with Gasteiger partial charge in [-0.25, -0.2) is 4.99 Å². The first kappa shape index (κ1) is 15.6. The van der Waals surface area contributed by atoms with Crippen molar-refractivity contribution in [1.29, 1.82) is 0 Å². The van der Waals surface area contributed by atoms with E-state index in [4.69, 9.17) is 27.9 Å². The Labute approximate surface area is 145 Å². The van der Waals surface area contributed by atoms with Gasteiger partial charge < -0.3 is 4.74 Å². The van der Waals surface area contributed by atoms with Crippen LogP contribution in [0, 0.1) is 0 Å². The van der Waals surface area contributed by atoms with Crippen LogP contribution in [0.15, 0.2) is 83.9 Å². The third-order valence-electron chi connectivity index (χ3n) is 3.12. The molecule has 23 heavy (non-hydrogen) atoms. The molecule has 0 saturated carbocycles. The van der Waals surface area contributed by atoms with Crippen molar-refractivity contribution in [3.63, 3.8) is 0 Å². The van der Waals surface area contributed by atoms with Crippen molar-refractivity contribution in [3.8, 4) is 5.75 Å². The lowest BCUT2D eigenvalue weighted by Crippen LogP contribution is -2.10. The van der Waals surface area contributed by atoms with Crippen molar-refractivity contribution in [2.75, 3.05) is 0 Å². The summed E-state index contributed by atoms with van der Waals surface area (Å²) in [4.78, 5) is 4.58. The largest absolute Gasteiger partial charge is 0.438 e. The molecule has 3 rings (SSSR count). The molecule has 3 aromatic carbocycles. The summed E-state index contributed by atoms with van der Waals surface area (Å²) in [5.41, 5.74) is 1.52. The van der Waals surface area contributed by atoms with Crippen LogP contribution in [0.2, 0.25) is 10.0 Å². The summed E-state index contributed by atoms with van der Waals surface area (Å²) in [5, 5.41) is 1.22. The smallest absolute Gasteiger partial charge is 0.227 e. The molecule has 0 N–H and O–H groups in total. The molecular weight excluding hydrogens is 329 g/mol. The first-order valence-electron chi connectivity index (χ1n) is 7.04. The fourth-order valence-electron chi connectivity index (χ4n) is 1.99. The van der Waals surface area contributed by atoms with Gasteiger partial charge in [-0.15, -0.1) is 0 Å². The molecule has 0 radical (unpaired) electrons. The highest BCUT2D eigenvalue weighted by atomic mass is 35.5. The van der Waals surface area contributed by atoms with Crippen LogP contribution in [0.4, 0.5) is 5.69 Å². The van der Waals surface area contributed by atoms with Gasteiger partial charge in [0, 0.05) is 10.6 Å². The van der Waals surface area contributed by atoms with E-state index in [1.807, 2.05) is 48.5 Å². The molecule has 0 aliphatic heterocycles. The molecule has 0 fully saturated rings. The van der Waals surface area contributed by atoms with Crippen LogP contribution in [0.1, 0.15) is 5.56 Å². The number of benzene rings is 3. The number of hydrogen-bond acceptors (Lipinski definition) is 2. The van der Waals surface area contributed by atoms with Gasteiger partial charge in [0.1, 0.15) is 5.75 Å². The molecule has 4 heteroatoms. The third-order valence-corrected chi connectivity index (χ3v) is 3.69. The van der Waals surface area contributed by atoms with E-state index >= 15 is 0 Å². The van der Waals surface area contributed by atoms with E-state index in [9.17, 15) is 0 Å². The Morgan fingerprint density at radius 1 is 0.739 bits per heavy atom. The van der Waals surface area contributed by atoms with E-state index in [1.54, 1.807) is 30.3 Å². The maximum absolute atomic E-state index is 6.20. The van der Waals surface area contributed by atoms with Gasteiger partial charge >= 0.3 is 0 Å². The zero-order chi connectivity index (χ0) is 16.1. The second kappa shape index (κ2) is 7.32. The molecule has 3 aromatic rings.